The molecule has 1 atom stereocenters. The van der Waals surface area contributed by atoms with Gasteiger partial charge in [-0.2, -0.15) is 0 Å². The number of hydrogen-bond acceptors (Lipinski definition) is 5. The Balaban J connectivity index is 2.00. The van der Waals surface area contributed by atoms with Gasteiger partial charge in [0.25, 0.3) is 0 Å². The van der Waals surface area contributed by atoms with Crippen molar-refractivity contribution in [2.24, 2.45) is 4.99 Å². The Hall–Kier alpha value is -1.57. The number of aliphatic imine (C=N–C) groups is 1. The first-order valence-electron chi connectivity index (χ1n) is 8.85. The fourth-order valence-electron chi connectivity index (χ4n) is 2.82. The van der Waals surface area contributed by atoms with Crippen LogP contribution in [0.3, 0.4) is 0 Å². The van der Waals surface area contributed by atoms with E-state index in [1.165, 1.54) is 0 Å². The van der Waals surface area contributed by atoms with Gasteiger partial charge in [-0.15, -0.1) is 0 Å². The van der Waals surface area contributed by atoms with Crippen molar-refractivity contribution < 1.29 is 19.0 Å². The van der Waals surface area contributed by atoms with E-state index in [4.69, 9.17) is 13.9 Å². The predicted molar refractivity (Wildman–Crippen MR) is 96.8 cm³/mol. The second-order valence-corrected chi connectivity index (χ2v) is 6.73. The van der Waals surface area contributed by atoms with Crippen LogP contribution in [0.1, 0.15) is 38.2 Å². The first kappa shape index (κ1) is 19.8. The van der Waals surface area contributed by atoms with Crippen molar-refractivity contribution in [3.05, 3.63) is 23.7 Å². The molecule has 142 valence electrons. The molecule has 0 radical (unpaired) electrons. The molecule has 1 aliphatic heterocycles. The second-order valence-electron chi connectivity index (χ2n) is 6.73. The van der Waals surface area contributed by atoms with Crippen molar-refractivity contribution in [3.8, 4) is 0 Å². The van der Waals surface area contributed by atoms with E-state index in [-0.39, 0.29) is 12.1 Å². The fraction of sp³-hybridized carbons (Fsp3) is 0.722. The quantitative estimate of drug-likeness (QED) is 0.509. The number of rotatable bonds is 7. The van der Waals surface area contributed by atoms with E-state index in [0.717, 1.165) is 25.1 Å². The second kappa shape index (κ2) is 8.69. The van der Waals surface area contributed by atoms with Gasteiger partial charge in [0.1, 0.15) is 17.1 Å². The van der Waals surface area contributed by atoms with Crippen molar-refractivity contribution in [1.82, 2.24) is 10.6 Å². The zero-order chi connectivity index (χ0) is 18.3. The summed E-state index contributed by atoms with van der Waals surface area (Å²) in [5, 5.41) is 17.2. The minimum Gasteiger partial charge on any atom is -0.463 e. The third-order valence-corrected chi connectivity index (χ3v) is 4.58. The van der Waals surface area contributed by atoms with Crippen molar-refractivity contribution in [2.45, 2.75) is 44.8 Å². The highest BCUT2D eigenvalue weighted by atomic mass is 16.5. The molecule has 1 aliphatic rings. The highest BCUT2D eigenvalue weighted by Gasteiger charge is 2.33. The number of hydrogen-bond donors (Lipinski definition) is 3. The number of aliphatic hydroxyl groups is 1. The molecule has 7 nitrogen and oxygen atoms in total. The smallest absolute Gasteiger partial charge is 0.191 e. The first-order chi connectivity index (χ1) is 11.9. The normalized spacial score (nSPS) is 20.1. The maximum Gasteiger partial charge on any atom is 0.191 e. The van der Waals surface area contributed by atoms with Crippen LogP contribution in [0.5, 0.6) is 0 Å². The summed E-state index contributed by atoms with van der Waals surface area (Å²) in [5.41, 5.74) is -1.40. The number of methoxy groups -OCH3 is 1. The van der Waals surface area contributed by atoms with Gasteiger partial charge in [-0.1, -0.05) is 0 Å². The molecule has 1 aromatic rings. The van der Waals surface area contributed by atoms with Crippen LogP contribution in [0, 0.1) is 6.92 Å². The summed E-state index contributed by atoms with van der Waals surface area (Å²) in [6, 6.07) is 3.62. The van der Waals surface area contributed by atoms with Gasteiger partial charge in [-0.25, -0.2) is 4.99 Å². The van der Waals surface area contributed by atoms with Crippen LogP contribution in [0.25, 0.3) is 0 Å². The molecular weight excluding hydrogens is 322 g/mol. The van der Waals surface area contributed by atoms with Crippen molar-refractivity contribution >= 4 is 5.96 Å². The van der Waals surface area contributed by atoms with Crippen LogP contribution in [-0.2, 0) is 15.1 Å². The molecule has 0 aromatic carbocycles. The van der Waals surface area contributed by atoms with Gasteiger partial charge in [0.05, 0.1) is 12.1 Å². The summed E-state index contributed by atoms with van der Waals surface area (Å²) >= 11 is 0. The van der Waals surface area contributed by atoms with Gasteiger partial charge in [0.2, 0.25) is 0 Å². The summed E-state index contributed by atoms with van der Waals surface area (Å²) in [6.07, 6.45) is 1.69. The Kier molecular flexibility index (Phi) is 6.87. The topological polar surface area (TPSA) is 88.3 Å². The predicted octanol–water partition coefficient (Wildman–Crippen LogP) is 1.55. The monoisotopic (exact) mass is 353 g/mol. The number of nitrogens with one attached hydrogen (secondary N) is 2. The molecule has 1 saturated heterocycles. The van der Waals surface area contributed by atoms with E-state index < -0.39 is 5.60 Å². The van der Waals surface area contributed by atoms with Gasteiger partial charge < -0.3 is 29.6 Å². The third kappa shape index (κ3) is 5.45. The lowest BCUT2D eigenvalue weighted by Crippen LogP contribution is -2.51. The SMILES string of the molecule is CCNC(=NCC(C)(O)c1ccc(C)o1)NCC1(OC)CCOCC1. The molecule has 1 unspecified atom stereocenters. The van der Waals surface area contributed by atoms with E-state index in [1.54, 1.807) is 20.1 Å². The lowest BCUT2D eigenvalue weighted by atomic mass is 9.94. The summed E-state index contributed by atoms with van der Waals surface area (Å²) in [6.45, 7) is 8.54. The average Bonchev–Trinajstić information content (AvgIpc) is 3.06. The average molecular weight is 353 g/mol. The standard InChI is InChI=1S/C18H31N3O4/c1-5-19-16(21-13-18(23-4)8-10-24-11-9-18)20-12-17(3,22)15-7-6-14(2)25-15/h6-7,22H,5,8-13H2,1-4H3,(H2,19,20,21). The molecule has 1 aromatic heterocycles. The molecule has 2 rings (SSSR count). The molecular formula is C18H31N3O4. The van der Waals surface area contributed by atoms with Gasteiger partial charge in [-0.3, -0.25) is 0 Å². The molecule has 3 N–H and O–H groups in total. The van der Waals surface area contributed by atoms with E-state index in [9.17, 15) is 5.11 Å². The summed E-state index contributed by atoms with van der Waals surface area (Å²) in [4.78, 5) is 4.52. The highest BCUT2D eigenvalue weighted by molar-refractivity contribution is 5.79. The van der Waals surface area contributed by atoms with Crippen molar-refractivity contribution in [2.75, 3.05) is 40.0 Å². The Labute approximate surface area is 149 Å². The molecule has 0 amide bonds. The van der Waals surface area contributed by atoms with Crippen LogP contribution in [0.4, 0.5) is 0 Å². The minimum absolute atomic E-state index is 0.193. The van der Waals surface area contributed by atoms with Crippen LogP contribution in [-0.4, -0.2) is 56.6 Å². The van der Waals surface area contributed by atoms with Crippen molar-refractivity contribution in [3.63, 3.8) is 0 Å². The van der Waals surface area contributed by atoms with Gasteiger partial charge in [0.15, 0.2) is 5.96 Å². The Bertz CT molecular complexity index is 562. The highest BCUT2D eigenvalue weighted by Crippen LogP contribution is 2.24. The maximum atomic E-state index is 10.6. The van der Waals surface area contributed by atoms with Crippen molar-refractivity contribution in [1.29, 1.82) is 0 Å². The van der Waals surface area contributed by atoms with Crippen LogP contribution in [0.2, 0.25) is 0 Å². The fourth-order valence-corrected chi connectivity index (χ4v) is 2.82. The van der Waals surface area contributed by atoms with Gasteiger partial charge >= 0.3 is 0 Å². The number of nitrogens with zero attached hydrogens (tertiary/aromatic N) is 1. The molecule has 0 bridgehead atoms. The molecule has 1 fully saturated rings. The number of aryl methyl sites for hydroxylation is 1. The first-order valence-corrected chi connectivity index (χ1v) is 8.85. The summed E-state index contributed by atoms with van der Waals surface area (Å²) in [7, 11) is 1.74. The molecule has 25 heavy (non-hydrogen) atoms. The minimum atomic E-state index is -1.16. The molecule has 0 saturated carbocycles. The third-order valence-electron chi connectivity index (χ3n) is 4.58. The molecule has 0 spiro atoms. The lowest BCUT2D eigenvalue weighted by molar-refractivity contribution is -0.0855. The number of guanidine groups is 1. The zero-order valence-corrected chi connectivity index (χ0v) is 15.7. The maximum absolute atomic E-state index is 10.6. The van der Waals surface area contributed by atoms with E-state index in [1.807, 2.05) is 19.9 Å². The number of ether oxygens (including phenoxy) is 2. The van der Waals surface area contributed by atoms with E-state index in [0.29, 0.717) is 31.5 Å². The number of furan rings is 1. The van der Waals surface area contributed by atoms with Crippen LogP contribution < -0.4 is 10.6 Å². The lowest BCUT2D eigenvalue weighted by Gasteiger charge is -2.36. The summed E-state index contributed by atoms with van der Waals surface area (Å²) < 4.78 is 16.7. The Morgan fingerprint density at radius 2 is 2.08 bits per heavy atom. The van der Waals surface area contributed by atoms with Crippen LogP contribution in [0.15, 0.2) is 21.5 Å². The van der Waals surface area contributed by atoms with Crippen LogP contribution >= 0.6 is 0 Å². The van der Waals surface area contributed by atoms with Gasteiger partial charge in [-0.05, 0) is 32.9 Å². The Morgan fingerprint density at radius 1 is 1.36 bits per heavy atom. The van der Waals surface area contributed by atoms with E-state index >= 15 is 0 Å². The van der Waals surface area contributed by atoms with Gasteiger partial charge in [0, 0.05) is 46.3 Å². The Morgan fingerprint density at radius 3 is 2.64 bits per heavy atom. The van der Waals surface area contributed by atoms with E-state index in [2.05, 4.69) is 15.6 Å². The zero-order valence-electron chi connectivity index (χ0n) is 15.7. The molecule has 0 aliphatic carbocycles. The molecule has 7 heteroatoms. The largest absolute Gasteiger partial charge is 0.463 e. The summed E-state index contributed by atoms with van der Waals surface area (Å²) in [5.74, 6) is 1.93. The molecule has 2 heterocycles.